The van der Waals surface area contributed by atoms with E-state index in [0.29, 0.717) is 6.42 Å². The van der Waals surface area contributed by atoms with Crippen LogP contribution in [-0.2, 0) is 4.79 Å². The number of hydrogen-bond acceptors (Lipinski definition) is 3. The van der Waals surface area contributed by atoms with E-state index in [1.54, 1.807) is 0 Å². The van der Waals surface area contributed by atoms with E-state index >= 15 is 0 Å². The first-order valence-corrected chi connectivity index (χ1v) is 3.45. The van der Waals surface area contributed by atoms with Gasteiger partial charge >= 0.3 is 0 Å². The molecule has 1 fully saturated rings. The molecule has 0 atom stereocenters. The van der Waals surface area contributed by atoms with Gasteiger partial charge in [-0.1, -0.05) is 0 Å². The van der Waals surface area contributed by atoms with Crippen LogP contribution in [0.1, 0.15) is 25.7 Å². The van der Waals surface area contributed by atoms with E-state index in [1.165, 1.54) is 0 Å². The summed E-state index contributed by atoms with van der Waals surface area (Å²) >= 11 is 0. The third-order valence-electron chi connectivity index (χ3n) is 2.02. The summed E-state index contributed by atoms with van der Waals surface area (Å²) in [5.74, 6) is 4.74. The molecule has 0 aliphatic heterocycles. The first-order valence-electron chi connectivity index (χ1n) is 3.45. The molecule has 0 aromatic heterocycles. The van der Waals surface area contributed by atoms with Crippen LogP contribution in [0.25, 0.3) is 0 Å². The minimum atomic E-state index is -0.247. The molecule has 58 valence electrons. The van der Waals surface area contributed by atoms with Crippen molar-refractivity contribution >= 4 is 5.91 Å². The minimum Gasteiger partial charge on any atom is -0.325 e. The fraction of sp³-hybridized carbons (Fsp3) is 0.833. The number of rotatable bonds is 2. The van der Waals surface area contributed by atoms with Gasteiger partial charge in [0.1, 0.15) is 0 Å². The highest BCUT2D eigenvalue weighted by Gasteiger charge is 2.34. The van der Waals surface area contributed by atoms with E-state index in [9.17, 15) is 4.79 Å². The van der Waals surface area contributed by atoms with Crippen LogP contribution in [0.4, 0.5) is 0 Å². The average Bonchev–Trinajstić information content (AvgIpc) is 1.84. The zero-order valence-electron chi connectivity index (χ0n) is 5.89. The van der Waals surface area contributed by atoms with Crippen LogP contribution >= 0.6 is 0 Å². The van der Waals surface area contributed by atoms with Crippen LogP contribution in [0, 0.1) is 0 Å². The van der Waals surface area contributed by atoms with Gasteiger partial charge in [-0.2, -0.15) is 0 Å². The summed E-state index contributed by atoms with van der Waals surface area (Å²) in [6.07, 6.45) is 3.39. The quantitative estimate of drug-likeness (QED) is 0.270. The second-order valence-corrected chi connectivity index (χ2v) is 2.96. The standard InChI is InChI=1S/C6H13N3O/c7-6(2-1-3-6)4-5(10)9-8/h1-4,7-8H2,(H,9,10). The fourth-order valence-electron chi connectivity index (χ4n) is 1.18. The lowest BCUT2D eigenvalue weighted by atomic mass is 9.75. The van der Waals surface area contributed by atoms with E-state index in [0.717, 1.165) is 19.3 Å². The molecule has 4 nitrogen and oxygen atoms in total. The number of carbonyl (C=O) groups is 1. The van der Waals surface area contributed by atoms with E-state index in [2.05, 4.69) is 5.43 Å². The van der Waals surface area contributed by atoms with Crippen molar-refractivity contribution in [3.8, 4) is 0 Å². The maximum Gasteiger partial charge on any atom is 0.235 e. The van der Waals surface area contributed by atoms with Crippen molar-refractivity contribution in [2.45, 2.75) is 31.2 Å². The van der Waals surface area contributed by atoms with Gasteiger partial charge < -0.3 is 5.73 Å². The van der Waals surface area contributed by atoms with Crippen LogP contribution in [0.2, 0.25) is 0 Å². The summed E-state index contributed by atoms with van der Waals surface area (Å²) in [6.45, 7) is 0. The Morgan fingerprint density at radius 1 is 1.60 bits per heavy atom. The van der Waals surface area contributed by atoms with Crippen molar-refractivity contribution in [3.05, 3.63) is 0 Å². The van der Waals surface area contributed by atoms with Gasteiger partial charge in [-0.05, 0) is 19.3 Å². The van der Waals surface area contributed by atoms with E-state index in [-0.39, 0.29) is 11.4 Å². The molecule has 0 radical (unpaired) electrons. The molecule has 1 aliphatic rings. The Morgan fingerprint density at radius 2 is 2.20 bits per heavy atom. The monoisotopic (exact) mass is 143 g/mol. The molecule has 0 bridgehead atoms. The number of nitrogens with two attached hydrogens (primary N) is 2. The van der Waals surface area contributed by atoms with Crippen molar-refractivity contribution in [3.63, 3.8) is 0 Å². The van der Waals surface area contributed by atoms with Gasteiger partial charge in [-0.15, -0.1) is 0 Å². The summed E-state index contributed by atoms with van der Waals surface area (Å²) in [5, 5.41) is 0. The second kappa shape index (κ2) is 2.56. The lowest BCUT2D eigenvalue weighted by Crippen LogP contribution is -2.50. The highest BCUT2D eigenvalue weighted by molar-refractivity contribution is 5.76. The molecule has 1 saturated carbocycles. The Morgan fingerprint density at radius 3 is 2.50 bits per heavy atom. The molecule has 1 amide bonds. The summed E-state index contributed by atoms with van der Waals surface area (Å²) in [5.41, 5.74) is 7.59. The topological polar surface area (TPSA) is 81.1 Å². The summed E-state index contributed by atoms with van der Waals surface area (Å²) in [6, 6.07) is 0. The van der Waals surface area contributed by atoms with Gasteiger partial charge in [0.05, 0.1) is 0 Å². The maximum atomic E-state index is 10.7. The Hall–Kier alpha value is -0.610. The predicted molar refractivity (Wildman–Crippen MR) is 37.7 cm³/mol. The van der Waals surface area contributed by atoms with Crippen molar-refractivity contribution in [2.24, 2.45) is 11.6 Å². The highest BCUT2D eigenvalue weighted by atomic mass is 16.2. The Balaban J connectivity index is 2.29. The Labute approximate surface area is 59.9 Å². The number of nitrogens with one attached hydrogen (secondary N) is 1. The van der Waals surface area contributed by atoms with Gasteiger partial charge in [0, 0.05) is 12.0 Å². The Kier molecular flexibility index (Phi) is 1.92. The van der Waals surface area contributed by atoms with E-state index in [1.807, 2.05) is 0 Å². The second-order valence-electron chi connectivity index (χ2n) is 2.96. The number of amides is 1. The molecule has 4 heteroatoms. The van der Waals surface area contributed by atoms with E-state index in [4.69, 9.17) is 11.6 Å². The SMILES string of the molecule is NNC(=O)CC1(N)CCC1. The first kappa shape index (κ1) is 7.50. The van der Waals surface area contributed by atoms with Gasteiger partial charge in [0.2, 0.25) is 5.91 Å². The van der Waals surface area contributed by atoms with Crippen molar-refractivity contribution in [2.75, 3.05) is 0 Å². The zero-order chi connectivity index (χ0) is 7.61. The molecule has 0 aromatic carbocycles. The molecule has 0 unspecified atom stereocenters. The molecule has 0 saturated heterocycles. The van der Waals surface area contributed by atoms with Crippen molar-refractivity contribution in [1.82, 2.24) is 5.43 Å². The molecular formula is C6H13N3O. The molecule has 0 aromatic rings. The first-order chi connectivity index (χ1) is 4.66. The minimum absolute atomic E-state index is 0.165. The van der Waals surface area contributed by atoms with Crippen LogP contribution in [0.5, 0.6) is 0 Å². The molecule has 5 N–H and O–H groups in total. The molecular weight excluding hydrogens is 130 g/mol. The fourth-order valence-corrected chi connectivity index (χ4v) is 1.18. The van der Waals surface area contributed by atoms with Crippen molar-refractivity contribution in [1.29, 1.82) is 0 Å². The third-order valence-corrected chi connectivity index (χ3v) is 2.02. The Bertz CT molecular complexity index is 142. The summed E-state index contributed by atoms with van der Waals surface area (Å²) in [7, 11) is 0. The summed E-state index contributed by atoms with van der Waals surface area (Å²) < 4.78 is 0. The lowest BCUT2D eigenvalue weighted by molar-refractivity contribution is -0.123. The van der Waals surface area contributed by atoms with Crippen molar-refractivity contribution < 1.29 is 4.79 Å². The molecule has 1 rings (SSSR count). The average molecular weight is 143 g/mol. The van der Waals surface area contributed by atoms with Gasteiger partial charge in [-0.3, -0.25) is 10.2 Å². The van der Waals surface area contributed by atoms with Crippen LogP contribution < -0.4 is 17.0 Å². The number of hydrogen-bond donors (Lipinski definition) is 3. The van der Waals surface area contributed by atoms with Crippen LogP contribution in [-0.4, -0.2) is 11.4 Å². The van der Waals surface area contributed by atoms with Crippen LogP contribution in [0.15, 0.2) is 0 Å². The van der Waals surface area contributed by atoms with Gasteiger partial charge in [0.15, 0.2) is 0 Å². The van der Waals surface area contributed by atoms with Gasteiger partial charge in [0.25, 0.3) is 0 Å². The molecule has 1 aliphatic carbocycles. The predicted octanol–water partition coefficient (Wildman–Crippen LogP) is -0.752. The van der Waals surface area contributed by atoms with E-state index < -0.39 is 0 Å². The highest BCUT2D eigenvalue weighted by Crippen LogP contribution is 2.31. The molecule has 10 heavy (non-hydrogen) atoms. The number of hydrazine groups is 1. The molecule has 0 heterocycles. The maximum absolute atomic E-state index is 10.7. The normalized spacial score (nSPS) is 21.4. The lowest BCUT2D eigenvalue weighted by Gasteiger charge is -2.37. The molecule has 0 spiro atoms. The zero-order valence-corrected chi connectivity index (χ0v) is 5.89. The smallest absolute Gasteiger partial charge is 0.235 e. The van der Waals surface area contributed by atoms with Gasteiger partial charge in [-0.25, -0.2) is 5.84 Å². The third kappa shape index (κ3) is 1.46. The largest absolute Gasteiger partial charge is 0.325 e. The number of carbonyl (C=O) groups excluding carboxylic acids is 1. The summed E-state index contributed by atoms with van der Waals surface area (Å²) in [4.78, 5) is 10.7. The van der Waals surface area contributed by atoms with Crippen LogP contribution in [0.3, 0.4) is 0 Å².